The molecular formula is C40H36N2O6S. The van der Waals surface area contributed by atoms with Crippen molar-refractivity contribution in [3.05, 3.63) is 138 Å². The summed E-state index contributed by atoms with van der Waals surface area (Å²) in [6.07, 6.45) is 0.000629. The molecule has 8 nitrogen and oxygen atoms in total. The van der Waals surface area contributed by atoms with E-state index in [9.17, 15) is 19.5 Å². The number of hydrogen-bond donors (Lipinski definition) is 2. The third-order valence-electron chi connectivity index (χ3n) is 9.54. The lowest BCUT2D eigenvalue weighted by Crippen LogP contribution is -2.57. The lowest BCUT2D eigenvalue weighted by atomic mass is 9.76. The standard InChI is InChI=1S/C40H36N2O6S/c1-47-32-18-10-17-31(36(32)48-25-26-11-4-2-5-12-26)35-33-34(38(44)42(37(33)43)21-22-49-30-15-6-3-7-16-30)40(41-35,39(45)46)24-27-19-20-28-13-8-9-14-29(28)23-27/h2-20,23,33-35,41H,21-22,24-25H2,1H3,(H,45,46). The monoisotopic (exact) mass is 672 g/mol. The molecule has 0 aliphatic carbocycles. The van der Waals surface area contributed by atoms with Crippen LogP contribution in [-0.4, -0.2) is 52.7 Å². The number of rotatable bonds is 12. The molecule has 49 heavy (non-hydrogen) atoms. The summed E-state index contributed by atoms with van der Waals surface area (Å²) in [5.41, 5.74) is 0.471. The summed E-state index contributed by atoms with van der Waals surface area (Å²) in [7, 11) is 1.54. The van der Waals surface area contributed by atoms with Crippen LogP contribution in [0.15, 0.2) is 126 Å². The van der Waals surface area contributed by atoms with E-state index >= 15 is 0 Å². The highest BCUT2D eigenvalue weighted by molar-refractivity contribution is 7.99. The average molecular weight is 673 g/mol. The van der Waals surface area contributed by atoms with Crippen molar-refractivity contribution in [2.45, 2.75) is 29.5 Å². The molecular weight excluding hydrogens is 637 g/mol. The molecule has 7 rings (SSSR count). The lowest BCUT2D eigenvalue weighted by molar-refractivity contribution is -0.151. The van der Waals surface area contributed by atoms with Gasteiger partial charge in [-0.3, -0.25) is 24.6 Å². The van der Waals surface area contributed by atoms with Gasteiger partial charge in [-0.1, -0.05) is 103 Å². The number of imide groups is 1. The summed E-state index contributed by atoms with van der Waals surface area (Å²) >= 11 is 1.54. The van der Waals surface area contributed by atoms with Crippen LogP contribution in [0.2, 0.25) is 0 Å². The number of carbonyl (C=O) groups excluding carboxylic acids is 2. The minimum atomic E-state index is -1.77. The lowest BCUT2D eigenvalue weighted by Gasteiger charge is -2.32. The maximum Gasteiger partial charge on any atom is 0.325 e. The van der Waals surface area contributed by atoms with Crippen LogP contribution < -0.4 is 14.8 Å². The number of carboxylic acids is 1. The Morgan fingerprint density at radius 1 is 0.837 bits per heavy atom. The fourth-order valence-corrected chi connectivity index (χ4v) is 8.11. The van der Waals surface area contributed by atoms with Crippen LogP contribution in [0.4, 0.5) is 0 Å². The first-order valence-electron chi connectivity index (χ1n) is 16.2. The molecule has 0 saturated carbocycles. The Kier molecular flexibility index (Phi) is 9.12. The molecule has 2 saturated heterocycles. The molecule has 4 unspecified atom stereocenters. The first kappa shape index (κ1) is 32.4. The van der Waals surface area contributed by atoms with Crippen molar-refractivity contribution in [1.29, 1.82) is 0 Å². The van der Waals surface area contributed by atoms with Gasteiger partial charge >= 0.3 is 5.97 Å². The van der Waals surface area contributed by atoms with Crippen LogP contribution >= 0.6 is 11.8 Å². The molecule has 4 atom stereocenters. The smallest absolute Gasteiger partial charge is 0.325 e. The van der Waals surface area contributed by atoms with Crippen molar-refractivity contribution >= 4 is 40.3 Å². The van der Waals surface area contributed by atoms with E-state index in [4.69, 9.17) is 9.47 Å². The van der Waals surface area contributed by atoms with Crippen LogP contribution in [0.1, 0.15) is 22.7 Å². The number of methoxy groups -OCH3 is 1. The number of thioether (sulfide) groups is 1. The van der Waals surface area contributed by atoms with E-state index in [2.05, 4.69) is 5.32 Å². The minimum Gasteiger partial charge on any atom is -0.493 e. The molecule has 0 radical (unpaired) electrons. The fourth-order valence-electron chi connectivity index (χ4n) is 7.25. The summed E-state index contributed by atoms with van der Waals surface area (Å²) in [5, 5.41) is 16.4. The van der Waals surface area contributed by atoms with Gasteiger partial charge in [0.05, 0.1) is 18.9 Å². The number of aliphatic carboxylic acids is 1. The predicted molar refractivity (Wildman–Crippen MR) is 189 cm³/mol. The zero-order valence-electron chi connectivity index (χ0n) is 27.0. The van der Waals surface area contributed by atoms with Crippen LogP contribution in [0.5, 0.6) is 11.5 Å². The predicted octanol–water partition coefficient (Wildman–Crippen LogP) is 6.53. The van der Waals surface area contributed by atoms with Gasteiger partial charge in [0.1, 0.15) is 12.1 Å². The number of amides is 2. The number of fused-ring (bicyclic) bond motifs is 2. The molecule has 2 N–H and O–H groups in total. The Hall–Kier alpha value is -5.12. The number of hydrogen-bond acceptors (Lipinski definition) is 7. The van der Waals surface area contributed by atoms with Gasteiger partial charge in [0.2, 0.25) is 11.8 Å². The van der Waals surface area contributed by atoms with Crippen LogP contribution in [-0.2, 0) is 27.4 Å². The van der Waals surface area contributed by atoms with Gasteiger partial charge in [-0.15, -0.1) is 11.8 Å². The van der Waals surface area contributed by atoms with E-state index in [-0.39, 0.29) is 25.5 Å². The zero-order chi connectivity index (χ0) is 34.0. The second-order valence-electron chi connectivity index (χ2n) is 12.4. The first-order chi connectivity index (χ1) is 23.9. The van der Waals surface area contributed by atoms with Gasteiger partial charge in [0.25, 0.3) is 0 Å². The van der Waals surface area contributed by atoms with Crippen molar-refractivity contribution in [1.82, 2.24) is 10.2 Å². The number of benzene rings is 5. The topological polar surface area (TPSA) is 105 Å². The Morgan fingerprint density at radius 2 is 1.55 bits per heavy atom. The van der Waals surface area contributed by atoms with Crippen molar-refractivity contribution in [3.8, 4) is 11.5 Å². The quantitative estimate of drug-likeness (QED) is 0.114. The van der Waals surface area contributed by atoms with Gasteiger partial charge in [-0.2, -0.15) is 0 Å². The molecule has 5 aromatic carbocycles. The maximum absolute atomic E-state index is 14.4. The molecule has 2 aliphatic rings. The average Bonchev–Trinajstić information content (AvgIpc) is 3.60. The summed E-state index contributed by atoms with van der Waals surface area (Å²) in [5.74, 6) is -2.85. The molecule has 248 valence electrons. The highest BCUT2D eigenvalue weighted by Crippen LogP contribution is 2.52. The van der Waals surface area contributed by atoms with E-state index in [1.807, 2.05) is 109 Å². The summed E-state index contributed by atoms with van der Waals surface area (Å²) < 4.78 is 12.1. The fraction of sp³-hybridized carbons (Fsp3) is 0.225. The Labute approximate surface area is 289 Å². The second-order valence-corrected chi connectivity index (χ2v) is 13.6. The van der Waals surface area contributed by atoms with E-state index in [1.165, 1.54) is 12.0 Å². The van der Waals surface area contributed by atoms with Gasteiger partial charge in [-0.05, 0) is 40.1 Å². The number of likely N-dealkylation sites (tertiary alicyclic amines) is 1. The highest BCUT2D eigenvalue weighted by Gasteiger charge is 2.68. The number of ether oxygens (including phenoxy) is 2. The molecule has 9 heteroatoms. The molecule has 0 bridgehead atoms. The Bertz CT molecular complexity index is 2000. The molecule has 5 aromatic rings. The van der Waals surface area contributed by atoms with Crippen LogP contribution in [0.25, 0.3) is 10.8 Å². The Balaban J connectivity index is 1.29. The van der Waals surface area contributed by atoms with Crippen molar-refractivity contribution in [2.75, 3.05) is 19.4 Å². The van der Waals surface area contributed by atoms with Crippen molar-refractivity contribution < 1.29 is 29.0 Å². The summed E-state index contributed by atoms with van der Waals surface area (Å²) in [6, 6.07) is 37.6. The second kappa shape index (κ2) is 13.8. The molecule has 0 spiro atoms. The Morgan fingerprint density at radius 3 is 2.29 bits per heavy atom. The maximum atomic E-state index is 14.4. The largest absolute Gasteiger partial charge is 0.493 e. The van der Waals surface area contributed by atoms with E-state index in [0.717, 1.165) is 26.8 Å². The van der Waals surface area contributed by atoms with E-state index in [0.29, 0.717) is 22.8 Å². The normalized spacial score (nSPS) is 21.6. The summed E-state index contributed by atoms with van der Waals surface area (Å²) in [4.78, 5) is 44.7. The first-order valence-corrected chi connectivity index (χ1v) is 17.2. The van der Waals surface area contributed by atoms with Gasteiger partial charge < -0.3 is 14.6 Å². The van der Waals surface area contributed by atoms with Crippen molar-refractivity contribution in [2.24, 2.45) is 11.8 Å². The van der Waals surface area contributed by atoms with Gasteiger partial charge in [0, 0.05) is 35.2 Å². The number of carboxylic acid groups (broad SMARTS) is 1. The summed E-state index contributed by atoms with van der Waals surface area (Å²) in [6.45, 7) is 0.393. The van der Waals surface area contributed by atoms with Crippen molar-refractivity contribution in [3.63, 3.8) is 0 Å². The van der Waals surface area contributed by atoms with Gasteiger partial charge in [-0.25, -0.2) is 0 Å². The number of para-hydroxylation sites is 1. The van der Waals surface area contributed by atoms with E-state index in [1.54, 1.807) is 23.9 Å². The third-order valence-corrected chi connectivity index (χ3v) is 10.5. The minimum absolute atomic E-state index is 0.000629. The molecule has 2 fully saturated rings. The van der Waals surface area contributed by atoms with E-state index < -0.39 is 35.3 Å². The van der Waals surface area contributed by atoms with Crippen LogP contribution in [0.3, 0.4) is 0 Å². The highest BCUT2D eigenvalue weighted by atomic mass is 32.2. The van der Waals surface area contributed by atoms with Gasteiger partial charge in [0.15, 0.2) is 11.5 Å². The molecule has 2 amide bonds. The molecule has 2 heterocycles. The number of carbonyl (C=O) groups is 3. The number of nitrogens with zero attached hydrogens (tertiary/aromatic N) is 1. The molecule has 2 aliphatic heterocycles. The molecule has 0 aromatic heterocycles. The third kappa shape index (κ3) is 6.16. The zero-order valence-corrected chi connectivity index (χ0v) is 27.8. The SMILES string of the molecule is COc1cccc(C2NC(Cc3ccc4ccccc4c3)(C(=O)O)C3C(=O)N(CCSc4ccccc4)C(=O)C23)c1OCc1ccccc1. The van der Waals surface area contributed by atoms with Crippen LogP contribution in [0, 0.1) is 11.8 Å². The number of nitrogens with one attached hydrogen (secondary N) is 1.